The summed E-state index contributed by atoms with van der Waals surface area (Å²) in [6.45, 7) is 1.93. The second-order valence-electron chi connectivity index (χ2n) is 8.30. The smallest absolute Gasteiger partial charge is 0.240 e. The first-order valence-electron chi connectivity index (χ1n) is 10.7. The molecule has 1 unspecified atom stereocenters. The van der Waals surface area contributed by atoms with Gasteiger partial charge in [0, 0.05) is 50.5 Å². The number of nitrogens with zero attached hydrogens (tertiary/aromatic N) is 2. The fourth-order valence-corrected chi connectivity index (χ4v) is 5.48. The van der Waals surface area contributed by atoms with E-state index in [4.69, 9.17) is 11.6 Å². The molecule has 0 aliphatic carbocycles. The highest BCUT2D eigenvalue weighted by Crippen LogP contribution is 2.29. The predicted molar refractivity (Wildman–Crippen MR) is 131 cm³/mol. The van der Waals surface area contributed by atoms with Crippen LogP contribution in [0.5, 0.6) is 0 Å². The maximum Gasteiger partial charge on any atom is 0.240 e. The Hall–Kier alpha value is -2.38. The number of hydrogen-bond donors (Lipinski definition) is 1. The average molecular weight is 470 g/mol. The molecule has 168 valence electrons. The van der Waals surface area contributed by atoms with Crippen LogP contribution in [0.1, 0.15) is 22.7 Å². The van der Waals surface area contributed by atoms with Crippen LogP contribution >= 0.6 is 11.6 Å². The molecule has 0 saturated heterocycles. The molecule has 7 heteroatoms. The third-order valence-corrected chi connectivity index (χ3v) is 7.62. The van der Waals surface area contributed by atoms with Crippen molar-refractivity contribution in [1.29, 1.82) is 0 Å². The Labute approximate surface area is 195 Å². The topological polar surface area (TPSA) is 52.7 Å². The first kappa shape index (κ1) is 22.8. The average Bonchev–Trinajstić information content (AvgIpc) is 2.79. The monoisotopic (exact) mass is 469 g/mol. The van der Waals surface area contributed by atoms with Crippen LogP contribution in [0.2, 0.25) is 5.02 Å². The molecule has 1 aliphatic heterocycles. The second-order valence-corrected chi connectivity index (χ2v) is 10.5. The van der Waals surface area contributed by atoms with Gasteiger partial charge in [0.15, 0.2) is 0 Å². The number of halogens is 1. The van der Waals surface area contributed by atoms with Crippen molar-refractivity contribution in [2.24, 2.45) is 0 Å². The van der Waals surface area contributed by atoms with Gasteiger partial charge >= 0.3 is 0 Å². The summed E-state index contributed by atoms with van der Waals surface area (Å²) in [4.78, 5) is 4.58. The number of nitrogens with one attached hydrogen (secondary N) is 1. The molecular formula is C25H28ClN3O2S. The van der Waals surface area contributed by atoms with Gasteiger partial charge in [-0.3, -0.25) is 4.90 Å². The molecule has 3 aromatic rings. The van der Waals surface area contributed by atoms with Crippen LogP contribution in [-0.2, 0) is 23.0 Å². The van der Waals surface area contributed by atoms with Crippen LogP contribution in [0, 0.1) is 0 Å². The molecular weight excluding hydrogens is 442 g/mol. The molecule has 0 radical (unpaired) electrons. The minimum Gasteiger partial charge on any atom is -0.378 e. The van der Waals surface area contributed by atoms with Gasteiger partial charge in [-0.2, -0.15) is 0 Å². The summed E-state index contributed by atoms with van der Waals surface area (Å²) in [7, 11) is 0.338. The Bertz CT molecular complexity index is 1180. The Morgan fingerprint density at radius 3 is 2.41 bits per heavy atom. The Morgan fingerprint density at radius 2 is 1.72 bits per heavy atom. The lowest BCUT2D eigenvalue weighted by molar-refractivity contribution is 0.180. The van der Waals surface area contributed by atoms with Crippen LogP contribution in [0.15, 0.2) is 77.7 Å². The van der Waals surface area contributed by atoms with Gasteiger partial charge in [0.1, 0.15) is 0 Å². The highest BCUT2D eigenvalue weighted by molar-refractivity contribution is 7.89. The molecule has 3 aromatic carbocycles. The number of hydrogen-bond acceptors (Lipinski definition) is 4. The Kier molecular flexibility index (Phi) is 6.86. The quantitative estimate of drug-likeness (QED) is 0.554. The minimum absolute atomic E-state index is 0.0893. The van der Waals surface area contributed by atoms with Crippen molar-refractivity contribution >= 4 is 27.3 Å². The van der Waals surface area contributed by atoms with E-state index in [1.165, 1.54) is 17.2 Å². The Balaban J connectivity index is 1.60. The van der Waals surface area contributed by atoms with E-state index in [0.717, 1.165) is 30.8 Å². The van der Waals surface area contributed by atoms with Gasteiger partial charge in [-0.05, 0) is 53.4 Å². The molecule has 32 heavy (non-hydrogen) atoms. The van der Waals surface area contributed by atoms with E-state index in [1.807, 2.05) is 14.1 Å². The molecule has 4 rings (SSSR count). The van der Waals surface area contributed by atoms with Crippen LogP contribution in [-0.4, -0.2) is 40.5 Å². The van der Waals surface area contributed by atoms with Gasteiger partial charge in [0.05, 0.1) is 4.90 Å². The van der Waals surface area contributed by atoms with E-state index in [0.29, 0.717) is 5.02 Å². The normalized spacial score (nSPS) is 15.2. The van der Waals surface area contributed by atoms with Crippen LogP contribution in [0.25, 0.3) is 0 Å². The van der Waals surface area contributed by atoms with Gasteiger partial charge in [0.2, 0.25) is 10.0 Å². The zero-order chi connectivity index (χ0) is 22.7. The second kappa shape index (κ2) is 9.63. The summed E-state index contributed by atoms with van der Waals surface area (Å²) in [5.41, 5.74) is 4.86. The molecule has 1 heterocycles. The first-order chi connectivity index (χ1) is 15.3. The zero-order valence-corrected chi connectivity index (χ0v) is 19.9. The van der Waals surface area contributed by atoms with Crippen molar-refractivity contribution in [3.05, 3.63) is 94.5 Å². The van der Waals surface area contributed by atoms with E-state index in [2.05, 4.69) is 63.1 Å². The molecule has 0 amide bonds. The zero-order valence-electron chi connectivity index (χ0n) is 18.3. The fraction of sp³-hybridized carbons (Fsp3) is 0.280. The molecule has 1 atom stereocenters. The molecule has 1 N–H and O–H groups in total. The van der Waals surface area contributed by atoms with E-state index < -0.39 is 10.0 Å². The van der Waals surface area contributed by atoms with Crippen molar-refractivity contribution in [1.82, 2.24) is 9.62 Å². The fourth-order valence-electron chi connectivity index (χ4n) is 4.14. The van der Waals surface area contributed by atoms with Gasteiger partial charge in [0.25, 0.3) is 0 Å². The molecule has 1 aliphatic rings. The van der Waals surface area contributed by atoms with Gasteiger partial charge in [-0.15, -0.1) is 0 Å². The van der Waals surface area contributed by atoms with Crippen LogP contribution in [0.3, 0.4) is 0 Å². The standard InChI is InChI=1S/C25H28ClN3O2S/c1-28(2)23-12-10-20(11-13-23)25(29-15-14-19-6-3-4-7-21(19)18-29)17-27-32(30,31)24-9-5-8-22(26)16-24/h3-13,16,25,27H,14-15,17-18H2,1-2H3. The number of rotatable bonds is 7. The largest absolute Gasteiger partial charge is 0.378 e. The van der Waals surface area contributed by atoms with Crippen molar-refractivity contribution in [2.45, 2.75) is 23.9 Å². The lowest BCUT2D eigenvalue weighted by Crippen LogP contribution is -2.40. The lowest BCUT2D eigenvalue weighted by Gasteiger charge is -2.36. The van der Waals surface area contributed by atoms with Crippen molar-refractivity contribution in [3.63, 3.8) is 0 Å². The minimum atomic E-state index is -3.68. The van der Waals surface area contributed by atoms with E-state index >= 15 is 0 Å². The summed E-state index contributed by atoms with van der Waals surface area (Å²) in [5, 5.41) is 0.399. The lowest BCUT2D eigenvalue weighted by atomic mass is 9.96. The molecule has 0 saturated carbocycles. The summed E-state index contributed by atoms with van der Waals surface area (Å²) in [6, 6.07) is 23.1. The highest BCUT2D eigenvalue weighted by Gasteiger charge is 2.27. The van der Waals surface area contributed by atoms with E-state index in [1.54, 1.807) is 18.2 Å². The van der Waals surface area contributed by atoms with Gasteiger partial charge < -0.3 is 4.90 Å². The van der Waals surface area contributed by atoms with Crippen LogP contribution in [0.4, 0.5) is 5.69 Å². The first-order valence-corrected chi connectivity index (χ1v) is 12.5. The number of anilines is 1. The van der Waals surface area contributed by atoms with Crippen molar-refractivity contribution in [3.8, 4) is 0 Å². The Morgan fingerprint density at radius 1 is 1.00 bits per heavy atom. The highest BCUT2D eigenvalue weighted by atomic mass is 35.5. The number of fused-ring (bicyclic) bond motifs is 1. The van der Waals surface area contributed by atoms with E-state index in [9.17, 15) is 8.42 Å². The summed E-state index contributed by atoms with van der Waals surface area (Å²) in [5.74, 6) is 0. The number of benzene rings is 3. The van der Waals surface area contributed by atoms with Crippen molar-refractivity contribution < 1.29 is 8.42 Å². The number of sulfonamides is 1. The molecule has 0 spiro atoms. The maximum atomic E-state index is 12.9. The van der Waals surface area contributed by atoms with Gasteiger partial charge in [-0.25, -0.2) is 13.1 Å². The van der Waals surface area contributed by atoms with E-state index in [-0.39, 0.29) is 17.5 Å². The third-order valence-electron chi connectivity index (χ3n) is 5.97. The summed E-state index contributed by atoms with van der Waals surface area (Å²) in [6.07, 6.45) is 0.948. The third kappa shape index (κ3) is 5.15. The summed E-state index contributed by atoms with van der Waals surface area (Å²) < 4.78 is 28.7. The van der Waals surface area contributed by atoms with Crippen LogP contribution < -0.4 is 9.62 Å². The molecule has 0 aromatic heterocycles. The molecule has 0 fully saturated rings. The SMILES string of the molecule is CN(C)c1ccc(C(CNS(=O)(=O)c2cccc(Cl)c2)N2CCc3ccccc3C2)cc1. The molecule has 0 bridgehead atoms. The molecule has 5 nitrogen and oxygen atoms in total. The van der Waals surface area contributed by atoms with Gasteiger partial charge in [-0.1, -0.05) is 54.1 Å². The predicted octanol–water partition coefficient (Wildman–Crippen LogP) is 4.48. The van der Waals surface area contributed by atoms with Crippen molar-refractivity contribution in [2.75, 3.05) is 32.1 Å². The summed E-state index contributed by atoms with van der Waals surface area (Å²) >= 11 is 6.02. The maximum absolute atomic E-state index is 12.9.